The summed E-state index contributed by atoms with van der Waals surface area (Å²) in [6, 6.07) is 3.35. The number of hydrogen-bond acceptors (Lipinski definition) is 4. The molecule has 7 heteroatoms. The number of carbonyl (C=O) groups excluding carboxylic acids is 1. The molecule has 2 aromatic rings. The zero-order valence-corrected chi connectivity index (χ0v) is 11.0. The highest BCUT2D eigenvalue weighted by Gasteiger charge is 2.27. The molecule has 1 aliphatic heterocycles. The number of nitrogen functional groups attached to an aromatic ring is 1. The Bertz CT molecular complexity index is 700. The molecule has 2 heterocycles. The quantitative estimate of drug-likeness (QED) is 0.864. The van der Waals surface area contributed by atoms with Crippen molar-refractivity contribution in [3.8, 4) is 0 Å². The smallest absolute Gasteiger partial charge is 0.260 e. The summed E-state index contributed by atoms with van der Waals surface area (Å²) < 4.78 is 27.4. The van der Waals surface area contributed by atoms with Crippen molar-refractivity contribution in [2.75, 3.05) is 12.3 Å². The lowest BCUT2D eigenvalue weighted by molar-refractivity contribution is 0.0722. The number of benzene rings is 1. The fraction of sp³-hybridized carbons (Fsp3) is 0.214. The summed E-state index contributed by atoms with van der Waals surface area (Å²) in [5, 5.41) is 0. The van der Waals surface area contributed by atoms with Gasteiger partial charge in [-0.3, -0.25) is 4.79 Å². The molecule has 0 fully saturated rings. The molecule has 0 spiro atoms. The molecule has 5 nitrogen and oxygen atoms in total. The molecule has 0 bridgehead atoms. The summed E-state index contributed by atoms with van der Waals surface area (Å²) in [5.74, 6) is -2.04. The lowest BCUT2D eigenvalue weighted by Crippen LogP contribution is -2.37. The normalized spacial score (nSPS) is 13.9. The van der Waals surface area contributed by atoms with Gasteiger partial charge in [0.15, 0.2) is 0 Å². The molecular weight excluding hydrogens is 278 g/mol. The number of carbonyl (C=O) groups is 1. The number of nitrogens with zero attached hydrogens (tertiary/aromatic N) is 3. The summed E-state index contributed by atoms with van der Waals surface area (Å²) >= 11 is 0. The highest BCUT2D eigenvalue weighted by atomic mass is 19.1. The lowest BCUT2D eigenvalue weighted by atomic mass is 10.0. The van der Waals surface area contributed by atoms with Gasteiger partial charge in [-0.1, -0.05) is 6.07 Å². The van der Waals surface area contributed by atoms with Gasteiger partial charge >= 0.3 is 0 Å². The lowest BCUT2D eigenvalue weighted by Gasteiger charge is -2.28. The molecule has 1 aromatic heterocycles. The summed E-state index contributed by atoms with van der Waals surface area (Å²) in [6.45, 7) is 0.478. The fourth-order valence-corrected chi connectivity index (χ4v) is 2.41. The second-order valence-corrected chi connectivity index (χ2v) is 4.76. The van der Waals surface area contributed by atoms with Crippen molar-refractivity contribution in [3.63, 3.8) is 0 Å². The predicted molar refractivity (Wildman–Crippen MR) is 71.2 cm³/mol. The SMILES string of the molecule is Nc1ncnc2c1CCN(C(=O)c1c(F)cccc1F)C2. The number of rotatable bonds is 1. The second kappa shape index (κ2) is 5.08. The van der Waals surface area contributed by atoms with E-state index in [1.54, 1.807) is 0 Å². The Balaban J connectivity index is 1.91. The first-order chi connectivity index (χ1) is 10.1. The maximum Gasteiger partial charge on any atom is 0.260 e. The molecule has 1 amide bonds. The van der Waals surface area contributed by atoms with E-state index in [1.807, 2.05) is 0 Å². The molecule has 0 atom stereocenters. The topological polar surface area (TPSA) is 72.1 Å². The van der Waals surface area contributed by atoms with E-state index < -0.39 is 23.1 Å². The summed E-state index contributed by atoms with van der Waals surface area (Å²) in [6.07, 6.45) is 1.77. The van der Waals surface area contributed by atoms with Crippen LogP contribution in [0.3, 0.4) is 0 Å². The number of hydrogen-bond donors (Lipinski definition) is 1. The third-order valence-corrected chi connectivity index (χ3v) is 3.50. The zero-order valence-electron chi connectivity index (χ0n) is 11.0. The van der Waals surface area contributed by atoms with E-state index >= 15 is 0 Å². The number of fused-ring (bicyclic) bond motifs is 1. The molecule has 0 saturated carbocycles. The number of amides is 1. The number of halogens is 2. The minimum atomic E-state index is -0.868. The van der Waals surface area contributed by atoms with Crippen molar-refractivity contribution in [1.29, 1.82) is 0 Å². The van der Waals surface area contributed by atoms with Gasteiger partial charge in [0.1, 0.15) is 29.3 Å². The van der Waals surface area contributed by atoms with E-state index in [9.17, 15) is 13.6 Å². The summed E-state index contributed by atoms with van der Waals surface area (Å²) in [5.41, 5.74) is 6.61. The third kappa shape index (κ3) is 2.31. The molecule has 2 N–H and O–H groups in total. The van der Waals surface area contributed by atoms with Crippen LogP contribution in [0.2, 0.25) is 0 Å². The number of anilines is 1. The van der Waals surface area contributed by atoms with E-state index in [1.165, 1.54) is 17.3 Å². The van der Waals surface area contributed by atoms with Crippen LogP contribution in [0.4, 0.5) is 14.6 Å². The Morgan fingerprint density at radius 1 is 1.24 bits per heavy atom. The number of aromatic nitrogens is 2. The molecule has 0 aliphatic carbocycles. The standard InChI is InChI=1S/C14H12F2N4O/c15-9-2-1-3-10(16)12(9)14(21)20-5-4-8-11(6-20)18-7-19-13(8)17/h1-3,7H,4-6H2,(H2,17,18,19). The van der Waals surface area contributed by atoms with Gasteiger partial charge < -0.3 is 10.6 Å². The molecule has 0 saturated heterocycles. The Morgan fingerprint density at radius 2 is 1.95 bits per heavy atom. The van der Waals surface area contributed by atoms with Gasteiger partial charge in [0.05, 0.1) is 12.2 Å². The zero-order chi connectivity index (χ0) is 15.0. The fourth-order valence-electron chi connectivity index (χ4n) is 2.41. The van der Waals surface area contributed by atoms with Crippen molar-refractivity contribution in [2.45, 2.75) is 13.0 Å². The van der Waals surface area contributed by atoms with Crippen LogP contribution >= 0.6 is 0 Å². The van der Waals surface area contributed by atoms with Crippen molar-refractivity contribution in [3.05, 3.63) is 53.0 Å². The maximum atomic E-state index is 13.7. The molecule has 108 valence electrons. The maximum absolute atomic E-state index is 13.7. The van der Waals surface area contributed by atoms with Crippen molar-refractivity contribution >= 4 is 11.7 Å². The van der Waals surface area contributed by atoms with Crippen LogP contribution in [-0.4, -0.2) is 27.3 Å². The molecule has 0 unspecified atom stereocenters. The Hall–Kier alpha value is -2.57. The second-order valence-electron chi connectivity index (χ2n) is 4.76. The van der Waals surface area contributed by atoms with Gasteiger partial charge in [-0.2, -0.15) is 0 Å². The molecule has 0 radical (unpaired) electrons. The first kappa shape index (κ1) is 13.4. The van der Waals surface area contributed by atoms with Crippen molar-refractivity contribution in [2.24, 2.45) is 0 Å². The average molecular weight is 290 g/mol. The van der Waals surface area contributed by atoms with Crippen LogP contribution in [0, 0.1) is 11.6 Å². The van der Waals surface area contributed by atoms with Crippen molar-refractivity contribution in [1.82, 2.24) is 14.9 Å². The summed E-state index contributed by atoms with van der Waals surface area (Å²) in [4.78, 5) is 21.6. The first-order valence-corrected chi connectivity index (χ1v) is 6.39. The predicted octanol–water partition coefficient (Wildman–Crippen LogP) is 1.54. The van der Waals surface area contributed by atoms with Gasteiger partial charge in [0.2, 0.25) is 0 Å². The minimum Gasteiger partial charge on any atom is -0.383 e. The van der Waals surface area contributed by atoms with Crippen LogP contribution in [0.15, 0.2) is 24.5 Å². The molecule has 1 aromatic carbocycles. The van der Waals surface area contributed by atoms with Crippen LogP contribution < -0.4 is 5.73 Å². The van der Waals surface area contributed by atoms with Gasteiger partial charge in [-0.05, 0) is 18.6 Å². The molecule has 3 rings (SSSR count). The van der Waals surface area contributed by atoms with Gasteiger partial charge in [0, 0.05) is 12.1 Å². The average Bonchev–Trinajstić information content (AvgIpc) is 2.47. The van der Waals surface area contributed by atoms with Gasteiger partial charge in [0.25, 0.3) is 5.91 Å². The first-order valence-electron chi connectivity index (χ1n) is 6.39. The third-order valence-electron chi connectivity index (χ3n) is 3.50. The number of nitrogens with two attached hydrogens (primary N) is 1. The van der Waals surface area contributed by atoms with Gasteiger partial charge in [-0.25, -0.2) is 18.7 Å². The van der Waals surface area contributed by atoms with E-state index in [-0.39, 0.29) is 6.54 Å². The Morgan fingerprint density at radius 3 is 2.67 bits per heavy atom. The van der Waals surface area contributed by atoms with Crippen LogP contribution in [-0.2, 0) is 13.0 Å². The molecular formula is C14H12F2N4O. The largest absolute Gasteiger partial charge is 0.383 e. The van der Waals surface area contributed by atoms with Crippen molar-refractivity contribution < 1.29 is 13.6 Å². The highest BCUT2D eigenvalue weighted by molar-refractivity contribution is 5.94. The Labute approximate surface area is 119 Å². The molecule has 1 aliphatic rings. The van der Waals surface area contributed by atoms with E-state index in [2.05, 4.69) is 9.97 Å². The van der Waals surface area contributed by atoms with Crippen LogP contribution in [0.1, 0.15) is 21.6 Å². The monoisotopic (exact) mass is 290 g/mol. The van der Waals surface area contributed by atoms with Crippen LogP contribution in [0.5, 0.6) is 0 Å². The van der Waals surface area contributed by atoms with Crippen LogP contribution in [0.25, 0.3) is 0 Å². The highest BCUT2D eigenvalue weighted by Crippen LogP contribution is 2.23. The minimum absolute atomic E-state index is 0.161. The Kier molecular flexibility index (Phi) is 3.25. The van der Waals surface area contributed by atoms with E-state index in [4.69, 9.17) is 5.73 Å². The molecule has 21 heavy (non-hydrogen) atoms. The van der Waals surface area contributed by atoms with E-state index in [0.717, 1.165) is 17.7 Å². The summed E-state index contributed by atoms with van der Waals surface area (Å²) in [7, 11) is 0. The van der Waals surface area contributed by atoms with Gasteiger partial charge in [-0.15, -0.1) is 0 Å². The van der Waals surface area contributed by atoms with E-state index in [0.29, 0.717) is 24.5 Å².